The predicted molar refractivity (Wildman–Crippen MR) is 87.1 cm³/mol. The number of carbonyl (C=O) groups is 1. The Morgan fingerprint density at radius 3 is 2.68 bits per heavy atom. The van der Waals surface area contributed by atoms with Crippen molar-refractivity contribution < 1.29 is 4.79 Å². The highest BCUT2D eigenvalue weighted by Crippen LogP contribution is 2.15. The van der Waals surface area contributed by atoms with Crippen LogP contribution in [0.4, 0.5) is 0 Å². The standard InChI is InChI=1S/C15H24BrNOS/c1-3-13(4-2)17(11-10-16)15(18)9-5-7-14-8-6-12-19-14/h6,8,12-13H,3-5,7,9-11H2,1-2H3. The van der Waals surface area contributed by atoms with E-state index < -0.39 is 0 Å². The van der Waals surface area contributed by atoms with Crippen LogP contribution in [0.15, 0.2) is 17.5 Å². The molecule has 0 atom stereocenters. The van der Waals surface area contributed by atoms with Crippen LogP contribution >= 0.6 is 27.3 Å². The van der Waals surface area contributed by atoms with Gasteiger partial charge in [-0.1, -0.05) is 35.8 Å². The predicted octanol–water partition coefficient (Wildman–Crippen LogP) is 4.48. The van der Waals surface area contributed by atoms with Gasteiger partial charge in [-0.05, 0) is 37.1 Å². The van der Waals surface area contributed by atoms with Gasteiger partial charge in [0.05, 0.1) is 0 Å². The topological polar surface area (TPSA) is 20.3 Å². The molecular weight excluding hydrogens is 322 g/mol. The first-order valence-corrected chi connectivity index (χ1v) is 9.10. The summed E-state index contributed by atoms with van der Waals surface area (Å²) in [4.78, 5) is 15.8. The Hall–Kier alpha value is -0.350. The molecule has 0 spiro atoms. The number of amides is 1. The van der Waals surface area contributed by atoms with Gasteiger partial charge in [0.25, 0.3) is 0 Å². The second-order valence-electron chi connectivity index (χ2n) is 4.68. The van der Waals surface area contributed by atoms with E-state index in [-0.39, 0.29) is 0 Å². The van der Waals surface area contributed by atoms with Crippen LogP contribution in [0.5, 0.6) is 0 Å². The summed E-state index contributed by atoms with van der Waals surface area (Å²) < 4.78 is 0. The van der Waals surface area contributed by atoms with Crippen molar-refractivity contribution in [1.29, 1.82) is 0 Å². The summed E-state index contributed by atoms with van der Waals surface area (Å²) in [5.41, 5.74) is 0. The van der Waals surface area contributed by atoms with Gasteiger partial charge in [-0.15, -0.1) is 11.3 Å². The van der Waals surface area contributed by atoms with E-state index in [9.17, 15) is 4.79 Å². The molecule has 1 rings (SSSR count). The number of carbonyl (C=O) groups excluding carboxylic acids is 1. The molecule has 0 radical (unpaired) electrons. The van der Waals surface area contributed by atoms with Gasteiger partial charge in [-0.3, -0.25) is 4.79 Å². The smallest absolute Gasteiger partial charge is 0.222 e. The summed E-state index contributed by atoms with van der Waals surface area (Å²) in [5.74, 6) is 0.310. The van der Waals surface area contributed by atoms with Crippen LogP contribution in [-0.4, -0.2) is 28.7 Å². The van der Waals surface area contributed by atoms with Crippen molar-refractivity contribution in [1.82, 2.24) is 4.90 Å². The molecule has 1 aromatic rings. The number of nitrogens with zero attached hydrogens (tertiary/aromatic N) is 1. The first-order valence-electron chi connectivity index (χ1n) is 7.10. The molecule has 0 saturated carbocycles. The minimum Gasteiger partial charge on any atom is -0.339 e. The van der Waals surface area contributed by atoms with Gasteiger partial charge in [0.2, 0.25) is 5.91 Å². The molecule has 0 unspecified atom stereocenters. The van der Waals surface area contributed by atoms with Crippen LogP contribution in [0.2, 0.25) is 0 Å². The number of hydrogen-bond donors (Lipinski definition) is 0. The molecule has 0 aliphatic heterocycles. The average molecular weight is 346 g/mol. The van der Waals surface area contributed by atoms with Gasteiger partial charge in [0.1, 0.15) is 0 Å². The van der Waals surface area contributed by atoms with Crippen molar-refractivity contribution in [3.05, 3.63) is 22.4 Å². The Morgan fingerprint density at radius 1 is 1.42 bits per heavy atom. The summed E-state index contributed by atoms with van der Waals surface area (Å²) in [6.45, 7) is 5.15. The van der Waals surface area contributed by atoms with Crippen LogP contribution in [-0.2, 0) is 11.2 Å². The fourth-order valence-corrected chi connectivity index (χ4v) is 3.48. The molecule has 2 nitrogen and oxygen atoms in total. The second kappa shape index (κ2) is 9.54. The maximum absolute atomic E-state index is 12.3. The molecule has 1 aromatic heterocycles. The lowest BCUT2D eigenvalue weighted by Gasteiger charge is -2.30. The second-order valence-corrected chi connectivity index (χ2v) is 6.50. The third kappa shape index (κ3) is 5.65. The molecule has 0 bridgehead atoms. The van der Waals surface area contributed by atoms with Crippen LogP contribution in [0, 0.1) is 0 Å². The number of halogens is 1. The third-order valence-corrected chi connectivity index (χ3v) is 4.71. The minimum atomic E-state index is 0.310. The molecule has 1 amide bonds. The normalized spacial score (nSPS) is 10.9. The Morgan fingerprint density at radius 2 is 2.16 bits per heavy atom. The van der Waals surface area contributed by atoms with Crippen LogP contribution in [0.3, 0.4) is 0 Å². The quantitative estimate of drug-likeness (QED) is 0.604. The fraction of sp³-hybridized carbons (Fsp3) is 0.667. The van der Waals surface area contributed by atoms with Gasteiger partial charge in [-0.25, -0.2) is 0 Å². The van der Waals surface area contributed by atoms with E-state index in [0.29, 0.717) is 18.4 Å². The van der Waals surface area contributed by atoms with Gasteiger partial charge in [0, 0.05) is 29.2 Å². The minimum absolute atomic E-state index is 0.310. The van der Waals surface area contributed by atoms with Gasteiger partial charge < -0.3 is 4.90 Å². The molecule has 108 valence electrons. The summed E-state index contributed by atoms with van der Waals surface area (Å²) in [7, 11) is 0. The highest BCUT2D eigenvalue weighted by molar-refractivity contribution is 9.09. The molecule has 0 fully saturated rings. The van der Waals surface area contributed by atoms with Gasteiger partial charge >= 0.3 is 0 Å². The molecule has 0 aliphatic rings. The molecule has 19 heavy (non-hydrogen) atoms. The zero-order valence-electron chi connectivity index (χ0n) is 11.9. The van der Waals surface area contributed by atoms with Crippen molar-refractivity contribution in [2.75, 3.05) is 11.9 Å². The highest BCUT2D eigenvalue weighted by atomic mass is 79.9. The van der Waals surface area contributed by atoms with Crippen molar-refractivity contribution in [3.8, 4) is 0 Å². The van der Waals surface area contributed by atoms with Crippen LogP contribution < -0.4 is 0 Å². The summed E-state index contributed by atoms with van der Waals surface area (Å²) >= 11 is 5.23. The number of thiophene rings is 1. The molecule has 0 aromatic carbocycles. The van der Waals surface area contributed by atoms with Crippen molar-refractivity contribution in [2.24, 2.45) is 0 Å². The maximum atomic E-state index is 12.3. The average Bonchev–Trinajstić information content (AvgIpc) is 2.92. The number of alkyl halides is 1. The Balaban J connectivity index is 2.42. The Kier molecular flexibility index (Phi) is 8.38. The monoisotopic (exact) mass is 345 g/mol. The van der Waals surface area contributed by atoms with E-state index in [1.807, 2.05) is 0 Å². The van der Waals surface area contributed by atoms with E-state index >= 15 is 0 Å². The fourth-order valence-electron chi connectivity index (χ4n) is 2.34. The van der Waals surface area contributed by atoms with E-state index in [0.717, 1.165) is 37.6 Å². The van der Waals surface area contributed by atoms with Gasteiger partial charge in [0.15, 0.2) is 0 Å². The van der Waals surface area contributed by atoms with Crippen LogP contribution in [0.25, 0.3) is 0 Å². The van der Waals surface area contributed by atoms with E-state index in [2.05, 4.69) is 52.2 Å². The summed E-state index contributed by atoms with van der Waals surface area (Å²) in [6, 6.07) is 4.61. The van der Waals surface area contributed by atoms with Crippen molar-refractivity contribution in [2.45, 2.75) is 52.0 Å². The number of aryl methyl sites for hydroxylation is 1. The maximum Gasteiger partial charge on any atom is 0.222 e. The van der Waals surface area contributed by atoms with E-state index in [1.165, 1.54) is 4.88 Å². The van der Waals surface area contributed by atoms with Crippen molar-refractivity contribution in [3.63, 3.8) is 0 Å². The van der Waals surface area contributed by atoms with E-state index in [1.54, 1.807) is 11.3 Å². The lowest BCUT2D eigenvalue weighted by Crippen LogP contribution is -2.40. The van der Waals surface area contributed by atoms with Gasteiger partial charge in [-0.2, -0.15) is 0 Å². The Bertz CT molecular complexity index is 349. The van der Waals surface area contributed by atoms with Crippen LogP contribution in [0.1, 0.15) is 44.4 Å². The molecule has 0 saturated heterocycles. The van der Waals surface area contributed by atoms with E-state index in [4.69, 9.17) is 0 Å². The molecule has 1 heterocycles. The lowest BCUT2D eigenvalue weighted by atomic mass is 10.1. The largest absolute Gasteiger partial charge is 0.339 e. The summed E-state index contributed by atoms with van der Waals surface area (Å²) in [6.07, 6.45) is 4.73. The number of hydrogen-bond acceptors (Lipinski definition) is 2. The zero-order chi connectivity index (χ0) is 14.1. The molecule has 0 N–H and O–H groups in total. The Labute approximate surface area is 129 Å². The SMILES string of the molecule is CCC(CC)N(CCBr)C(=O)CCCc1cccs1. The lowest BCUT2D eigenvalue weighted by molar-refractivity contribution is -0.133. The first kappa shape index (κ1) is 16.7. The highest BCUT2D eigenvalue weighted by Gasteiger charge is 2.19. The molecule has 4 heteroatoms. The molecule has 0 aliphatic carbocycles. The third-order valence-electron chi connectivity index (χ3n) is 3.42. The molecular formula is C15H24BrNOS. The zero-order valence-corrected chi connectivity index (χ0v) is 14.3. The first-order chi connectivity index (χ1) is 9.22. The van der Waals surface area contributed by atoms with Crippen molar-refractivity contribution >= 4 is 33.2 Å². The number of rotatable bonds is 9. The summed E-state index contributed by atoms with van der Waals surface area (Å²) in [5, 5.41) is 2.96.